The van der Waals surface area contributed by atoms with Gasteiger partial charge < -0.3 is 9.84 Å². The second kappa shape index (κ2) is 7.97. The van der Waals surface area contributed by atoms with Crippen LogP contribution in [0.5, 0.6) is 11.5 Å². The van der Waals surface area contributed by atoms with E-state index in [4.69, 9.17) is 4.74 Å². The van der Waals surface area contributed by atoms with Crippen molar-refractivity contribution < 1.29 is 14.6 Å². The van der Waals surface area contributed by atoms with E-state index in [1.807, 2.05) is 32.9 Å². The molecule has 0 heterocycles. The second-order valence-corrected chi connectivity index (χ2v) is 6.30. The van der Waals surface area contributed by atoms with Gasteiger partial charge in [0.05, 0.1) is 10.7 Å². The lowest BCUT2D eigenvalue weighted by Crippen LogP contribution is -2.25. The molecule has 0 atom stereocenters. The third kappa shape index (κ3) is 4.58. The molecule has 0 aliphatic heterocycles. The van der Waals surface area contributed by atoms with Crippen molar-refractivity contribution in [3.63, 3.8) is 0 Å². The molecule has 0 unspecified atom stereocenters. The number of phenolic OH excluding ortho intramolecular Hbond substituents is 1. The van der Waals surface area contributed by atoms with Crippen molar-refractivity contribution in [3.05, 3.63) is 57.1 Å². The highest BCUT2D eigenvalue weighted by molar-refractivity contribution is 9.10. The van der Waals surface area contributed by atoms with Crippen LogP contribution in [0, 0.1) is 20.8 Å². The van der Waals surface area contributed by atoms with Crippen LogP contribution >= 0.6 is 15.9 Å². The minimum Gasteiger partial charge on any atom is -0.507 e. The van der Waals surface area contributed by atoms with Gasteiger partial charge in [0.2, 0.25) is 0 Å². The standard InChI is InChI=1S/C18H19BrN2O3/c1-11-4-5-12(2)18(13(11)3)24-10-17(23)21-20-9-14-6-7-16(22)15(19)8-14/h4-9,22H,10H2,1-3H3,(H,21,23). The van der Waals surface area contributed by atoms with Crippen molar-refractivity contribution in [2.75, 3.05) is 6.61 Å². The number of phenols is 1. The van der Waals surface area contributed by atoms with Gasteiger partial charge >= 0.3 is 0 Å². The Kier molecular flexibility index (Phi) is 5.98. The smallest absolute Gasteiger partial charge is 0.277 e. The maximum absolute atomic E-state index is 11.8. The minimum atomic E-state index is -0.343. The molecule has 0 bridgehead atoms. The van der Waals surface area contributed by atoms with E-state index in [0.717, 1.165) is 28.0 Å². The summed E-state index contributed by atoms with van der Waals surface area (Å²) in [7, 11) is 0. The number of amides is 1. The molecule has 2 N–H and O–H groups in total. The van der Waals surface area contributed by atoms with Gasteiger partial charge in [-0.1, -0.05) is 12.1 Å². The molecule has 0 aliphatic carbocycles. The molecule has 6 heteroatoms. The van der Waals surface area contributed by atoms with Crippen LogP contribution in [-0.4, -0.2) is 23.8 Å². The largest absolute Gasteiger partial charge is 0.507 e. The number of ether oxygens (including phenoxy) is 1. The molecule has 1 amide bonds. The predicted octanol–water partition coefficient (Wildman–Crippen LogP) is 3.61. The van der Waals surface area contributed by atoms with Crippen molar-refractivity contribution in [1.82, 2.24) is 5.43 Å². The Hall–Kier alpha value is -2.34. The van der Waals surface area contributed by atoms with Gasteiger partial charge in [-0.15, -0.1) is 0 Å². The fourth-order valence-electron chi connectivity index (χ4n) is 2.10. The van der Waals surface area contributed by atoms with Crippen molar-refractivity contribution in [2.45, 2.75) is 20.8 Å². The molecular formula is C18H19BrN2O3. The number of hydrogen-bond donors (Lipinski definition) is 2. The Morgan fingerprint density at radius 1 is 1.25 bits per heavy atom. The molecule has 0 saturated heterocycles. The summed E-state index contributed by atoms with van der Waals surface area (Å²) >= 11 is 3.22. The molecule has 0 radical (unpaired) electrons. The normalized spacial score (nSPS) is 10.8. The first-order valence-corrected chi connectivity index (χ1v) is 8.18. The molecule has 0 fully saturated rings. The first-order chi connectivity index (χ1) is 11.4. The van der Waals surface area contributed by atoms with Crippen molar-refractivity contribution in [2.24, 2.45) is 5.10 Å². The number of carbonyl (C=O) groups is 1. The number of nitrogens with one attached hydrogen (secondary N) is 1. The number of hydrazone groups is 1. The lowest BCUT2D eigenvalue weighted by molar-refractivity contribution is -0.123. The highest BCUT2D eigenvalue weighted by Gasteiger charge is 2.08. The highest BCUT2D eigenvalue weighted by Crippen LogP contribution is 2.25. The molecule has 2 aromatic carbocycles. The topological polar surface area (TPSA) is 70.9 Å². The Morgan fingerprint density at radius 2 is 1.96 bits per heavy atom. The molecule has 24 heavy (non-hydrogen) atoms. The Morgan fingerprint density at radius 3 is 2.67 bits per heavy atom. The number of rotatable bonds is 5. The molecule has 0 aliphatic rings. The van der Waals surface area contributed by atoms with Crippen LogP contribution in [0.3, 0.4) is 0 Å². The summed E-state index contributed by atoms with van der Waals surface area (Å²) in [6.45, 7) is 5.81. The molecule has 2 rings (SSSR count). The van der Waals surface area contributed by atoms with E-state index in [2.05, 4.69) is 26.5 Å². The van der Waals surface area contributed by atoms with Gasteiger partial charge in [0.1, 0.15) is 11.5 Å². The average Bonchev–Trinajstić information content (AvgIpc) is 2.54. The summed E-state index contributed by atoms with van der Waals surface area (Å²) in [5.74, 6) is 0.537. The van der Waals surface area contributed by atoms with E-state index >= 15 is 0 Å². The highest BCUT2D eigenvalue weighted by atomic mass is 79.9. The number of aromatic hydroxyl groups is 1. The van der Waals surface area contributed by atoms with Gasteiger partial charge in [0.25, 0.3) is 5.91 Å². The Labute approximate surface area is 149 Å². The average molecular weight is 391 g/mol. The first kappa shape index (κ1) is 18.0. The van der Waals surface area contributed by atoms with Crippen molar-refractivity contribution in [3.8, 4) is 11.5 Å². The monoisotopic (exact) mass is 390 g/mol. The fourth-order valence-corrected chi connectivity index (χ4v) is 2.50. The quantitative estimate of drug-likeness (QED) is 0.604. The molecule has 126 valence electrons. The SMILES string of the molecule is Cc1ccc(C)c(OCC(=O)NN=Cc2ccc(O)c(Br)c2)c1C. The van der Waals surface area contributed by atoms with Crippen molar-refractivity contribution in [1.29, 1.82) is 0 Å². The lowest BCUT2D eigenvalue weighted by atomic mass is 10.1. The van der Waals surface area contributed by atoms with Gasteiger partial charge in [0, 0.05) is 0 Å². The van der Waals surface area contributed by atoms with Crippen LogP contribution < -0.4 is 10.2 Å². The van der Waals surface area contributed by atoms with E-state index < -0.39 is 0 Å². The fraction of sp³-hybridized carbons (Fsp3) is 0.222. The molecule has 0 aromatic heterocycles. The predicted molar refractivity (Wildman–Crippen MR) is 97.7 cm³/mol. The van der Waals surface area contributed by atoms with E-state index in [-0.39, 0.29) is 18.3 Å². The van der Waals surface area contributed by atoms with Crippen LogP contribution in [0.25, 0.3) is 0 Å². The van der Waals surface area contributed by atoms with Gasteiger partial charge in [-0.3, -0.25) is 4.79 Å². The van der Waals surface area contributed by atoms with Gasteiger partial charge in [-0.25, -0.2) is 5.43 Å². The zero-order chi connectivity index (χ0) is 17.7. The minimum absolute atomic E-state index is 0.109. The van der Waals surface area contributed by atoms with Crippen molar-refractivity contribution >= 4 is 28.1 Å². The van der Waals surface area contributed by atoms with E-state index in [9.17, 15) is 9.90 Å². The van der Waals surface area contributed by atoms with Crippen LogP contribution in [-0.2, 0) is 4.79 Å². The summed E-state index contributed by atoms with van der Waals surface area (Å²) in [6, 6.07) is 8.92. The Bertz CT molecular complexity index is 788. The number of aryl methyl sites for hydroxylation is 2. The van der Waals surface area contributed by atoms with E-state index in [1.54, 1.807) is 18.2 Å². The zero-order valence-corrected chi connectivity index (χ0v) is 15.3. The number of halogens is 1. The molecule has 5 nitrogen and oxygen atoms in total. The third-order valence-electron chi connectivity index (χ3n) is 3.60. The van der Waals surface area contributed by atoms with Crippen LogP contribution in [0.4, 0.5) is 0 Å². The molecule has 0 spiro atoms. The van der Waals surface area contributed by atoms with Crippen LogP contribution in [0.1, 0.15) is 22.3 Å². The second-order valence-electron chi connectivity index (χ2n) is 5.45. The van der Waals surface area contributed by atoms with E-state index in [1.165, 1.54) is 6.21 Å². The number of carbonyl (C=O) groups excluding carboxylic acids is 1. The molecule has 2 aromatic rings. The number of benzene rings is 2. The number of hydrogen-bond acceptors (Lipinski definition) is 4. The Balaban J connectivity index is 1.91. The lowest BCUT2D eigenvalue weighted by Gasteiger charge is -2.13. The van der Waals surface area contributed by atoms with Gasteiger partial charge in [0.15, 0.2) is 6.61 Å². The van der Waals surface area contributed by atoms with Crippen LogP contribution in [0.15, 0.2) is 39.9 Å². The summed E-state index contributed by atoms with van der Waals surface area (Å²) in [4.78, 5) is 11.8. The van der Waals surface area contributed by atoms with E-state index in [0.29, 0.717) is 4.47 Å². The zero-order valence-electron chi connectivity index (χ0n) is 13.8. The van der Waals surface area contributed by atoms with Gasteiger partial charge in [-0.2, -0.15) is 5.10 Å². The third-order valence-corrected chi connectivity index (χ3v) is 4.23. The number of nitrogens with zero attached hydrogens (tertiary/aromatic N) is 1. The van der Waals surface area contributed by atoms with Gasteiger partial charge in [-0.05, 0) is 77.2 Å². The summed E-state index contributed by atoms with van der Waals surface area (Å²) in [5.41, 5.74) is 6.29. The maximum atomic E-state index is 11.8. The first-order valence-electron chi connectivity index (χ1n) is 7.38. The summed E-state index contributed by atoms with van der Waals surface area (Å²) in [6.07, 6.45) is 1.49. The molecular weight excluding hydrogens is 372 g/mol. The maximum Gasteiger partial charge on any atom is 0.277 e. The summed E-state index contributed by atoms with van der Waals surface area (Å²) < 4.78 is 6.18. The summed E-state index contributed by atoms with van der Waals surface area (Å²) in [5, 5.41) is 13.3. The van der Waals surface area contributed by atoms with Crippen LogP contribution in [0.2, 0.25) is 0 Å². The molecule has 0 saturated carbocycles.